The summed E-state index contributed by atoms with van der Waals surface area (Å²) in [6.45, 7) is 38.4. The molecule has 0 atom stereocenters. The standard InChI is InChI=1S/5C16H16.2C15H12.CH3F/c2*1-11-7-6-9-13-12-8-4-5-10-14(12)16(2,3)15(11)13;1-11-7-6-10-14-15(11)12-8-4-5-9-13(12)16(14,2)3;1-11-8-9-15-13(10-11)12-6-4-5-7-14(12)16(15,2)3;1-11-8-9-13-12-6-4-5-7-14(12)16(2,3)15(13)10-11;1-11-5-4-8-14-9-12-6-2-3-7-13(12)10-15(11)14;1-11-6-7-14-9-12-4-2-3-5-13(12)10-15(14)8-11;1-2/h5*4-10H,1-3H3;2*2-10H,1H3;1H3. The lowest BCUT2D eigenvalue weighted by molar-refractivity contribution is 0.636. The van der Waals surface area contributed by atoms with Crippen LogP contribution in [0.25, 0.3) is 98.7 Å². The van der Waals surface area contributed by atoms with E-state index in [2.05, 4.69) is 439 Å². The fraction of sp³-hybridized carbons (Fsp3) is 0.207. The minimum Gasteiger partial charge on any atom is -0.255 e. The maximum absolute atomic E-state index is 9.50. The molecule has 0 heterocycles. The Balaban J connectivity index is 0.000000108. The molecule has 558 valence electrons. The molecular weight excluding hydrogens is 1350 g/mol. The Morgan fingerprint density at radius 1 is 0.179 bits per heavy atom. The second kappa shape index (κ2) is 31.0. The lowest BCUT2D eigenvalue weighted by Gasteiger charge is -2.23. The fourth-order valence-electron chi connectivity index (χ4n) is 19.0. The Hall–Kier alpha value is -11.5. The van der Waals surface area contributed by atoms with Gasteiger partial charge >= 0.3 is 0 Å². The van der Waals surface area contributed by atoms with E-state index in [0.29, 0.717) is 7.18 Å². The van der Waals surface area contributed by atoms with Crippen molar-refractivity contribution in [1.29, 1.82) is 0 Å². The van der Waals surface area contributed by atoms with Crippen LogP contribution in [-0.4, -0.2) is 7.18 Å². The number of benzene rings is 16. The van der Waals surface area contributed by atoms with Gasteiger partial charge in [-0.2, -0.15) is 0 Å². The molecular formula is C111H107F. The van der Waals surface area contributed by atoms with Crippen molar-refractivity contribution in [3.8, 4) is 55.6 Å². The fourth-order valence-corrected chi connectivity index (χ4v) is 19.0. The molecule has 0 fully saturated rings. The van der Waals surface area contributed by atoms with Gasteiger partial charge in [-0.15, -0.1) is 0 Å². The van der Waals surface area contributed by atoms with E-state index in [1.807, 2.05) is 0 Å². The summed E-state index contributed by atoms with van der Waals surface area (Å²) < 4.78 is 9.50. The van der Waals surface area contributed by atoms with Gasteiger partial charge in [-0.1, -0.05) is 383 Å². The monoisotopic (exact) mass is 1460 g/mol. The average molecular weight is 1460 g/mol. The van der Waals surface area contributed by atoms with Crippen LogP contribution in [0.15, 0.2) is 322 Å². The van der Waals surface area contributed by atoms with Crippen molar-refractivity contribution >= 4 is 43.1 Å². The van der Waals surface area contributed by atoms with E-state index in [1.165, 1.54) is 193 Å². The smallest absolute Gasteiger partial charge is 0.0785 e. The Labute approximate surface area is 666 Å². The summed E-state index contributed by atoms with van der Waals surface area (Å²) in [4.78, 5) is 0. The Bertz CT molecular complexity index is 6080. The molecule has 21 rings (SSSR count). The largest absolute Gasteiger partial charge is 0.255 e. The van der Waals surface area contributed by atoms with Gasteiger partial charge in [-0.25, -0.2) is 0 Å². The van der Waals surface area contributed by atoms with Gasteiger partial charge in [0.25, 0.3) is 0 Å². The van der Waals surface area contributed by atoms with Gasteiger partial charge in [-0.3, -0.25) is 4.39 Å². The van der Waals surface area contributed by atoms with Crippen LogP contribution >= 0.6 is 0 Å². The third-order valence-corrected chi connectivity index (χ3v) is 24.7. The lowest BCUT2D eigenvalue weighted by Crippen LogP contribution is -2.16. The first-order valence-corrected chi connectivity index (χ1v) is 39.9. The zero-order valence-electron chi connectivity index (χ0n) is 69.0. The number of hydrogen-bond donors (Lipinski definition) is 0. The number of alkyl halides is 1. The van der Waals surface area contributed by atoms with Crippen LogP contribution in [0.2, 0.25) is 0 Å². The summed E-state index contributed by atoms with van der Waals surface area (Å²) in [6.07, 6.45) is 0. The highest BCUT2D eigenvalue weighted by Gasteiger charge is 2.40. The molecule has 0 aliphatic heterocycles. The van der Waals surface area contributed by atoms with Gasteiger partial charge in [0, 0.05) is 27.1 Å². The van der Waals surface area contributed by atoms with Crippen LogP contribution in [0.1, 0.15) is 164 Å². The van der Waals surface area contributed by atoms with Crippen molar-refractivity contribution in [2.24, 2.45) is 0 Å². The van der Waals surface area contributed by atoms with E-state index < -0.39 is 0 Å². The zero-order chi connectivity index (χ0) is 79.2. The maximum Gasteiger partial charge on any atom is 0.0785 e. The SMILES string of the molecule is CF.Cc1ccc2c(c1)-c1ccccc1C2(C)C.Cc1ccc2c(c1)C(C)(C)c1ccccc1-2.Cc1ccc2cc3ccccc3cc2c1.Cc1cccc2c1-c1ccccc1C2(C)C.Cc1cccc2c1C(C)(C)c1ccccc1-2.Cc1cccc2c1C(C)(C)c1ccccc1-2.Cc1cccc2cc3ccccc3cc12. The normalized spacial score (nSPS) is 14.2. The number of halogens is 1. The number of fused-ring (bicyclic) bond motifs is 19. The summed E-state index contributed by atoms with van der Waals surface area (Å²) in [7, 11) is 0.500. The highest BCUT2D eigenvalue weighted by atomic mass is 19.1. The summed E-state index contributed by atoms with van der Waals surface area (Å²) in [5.74, 6) is 0. The molecule has 0 nitrogen and oxygen atoms in total. The quantitative estimate of drug-likeness (QED) is 0.133. The Kier molecular flexibility index (Phi) is 21.4. The number of hydrogen-bond acceptors (Lipinski definition) is 0. The van der Waals surface area contributed by atoms with Crippen molar-refractivity contribution in [3.05, 3.63) is 416 Å². The number of rotatable bonds is 0. The first kappa shape index (κ1) is 77.2. The second-order valence-electron chi connectivity index (χ2n) is 34.0. The molecule has 5 aliphatic carbocycles. The number of aryl methyl sites for hydroxylation is 7. The van der Waals surface area contributed by atoms with E-state index in [-0.39, 0.29) is 27.1 Å². The Morgan fingerprint density at radius 3 is 1.02 bits per heavy atom. The second-order valence-corrected chi connectivity index (χ2v) is 34.0. The molecule has 0 radical (unpaired) electrons. The van der Waals surface area contributed by atoms with Crippen LogP contribution in [0.4, 0.5) is 4.39 Å². The maximum atomic E-state index is 9.50. The van der Waals surface area contributed by atoms with Gasteiger partial charge in [0.15, 0.2) is 0 Å². The molecule has 5 aliphatic rings. The molecule has 0 unspecified atom stereocenters. The molecule has 1 heteroatoms. The van der Waals surface area contributed by atoms with Gasteiger partial charge in [0.05, 0.1) is 7.18 Å². The predicted octanol–water partition coefficient (Wildman–Crippen LogP) is 30.7. The van der Waals surface area contributed by atoms with Gasteiger partial charge in [0.2, 0.25) is 0 Å². The molecule has 0 saturated carbocycles. The van der Waals surface area contributed by atoms with E-state index in [4.69, 9.17) is 0 Å². The average Bonchev–Trinajstić information content (AvgIpc) is 1.60. The van der Waals surface area contributed by atoms with E-state index >= 15 is 0 Å². The summed E-state index contributed by atoms with van der Waals surface area (Å²) in [6, 6.07) is 116. The van der Waals surface area contributed by atoms with Gasteiger partial charge in [0.1, 0.15) is 0 Å². The minimum atomic E-state index is 0.150. The molecule has 0 spiro atoms. The van der Waals surface area contributed by atoms with E-state index in [1.54, 1.807) is 0 Å². The summed E-state index contributed by atoms with van der Waals surface area (Å²) in [5.41, 5.74) is 39.1. The topological polar surface area (TPSA) is 0 Å². The summed E-state index contributed by atoms with van der Waals surface area (Å²) in [5, 5.41) is 10.6. The minimum absolute atomic E-state index is 0.150. The molecule has 16 aromatic carbocycles. The zero-order valence-corrected chi connectivity index (χ0v) is 69.0. The first-order valence-electron chi connectivity index (χ1n) is 39.9. The molecule has 0 aromatic heterocycles. The van der Waals surface area contributed by atoms with Crippen molar-refractivity contribution in [2.45, 2.75) is 145 Å². The van der Waals surface area contributed by atoms with Crippen LogP contribution in [0, 0.1) is 48.5 Å². The predicted molar refractivity (Wildman–Crippen MR) is 483 cm³/mol. The third kappa shape index (κ3) is 14.2. The van der Waals surface area contributed by atoms with Crippen LogP contribution in [0.5, 0.6) is 0 Å². The highest BCUT2D eigenvalue weighted by Crippen LogP contribution is 2.54. The van der Waals surface area contributed by atoms with Gasteiger partial charge in [-0.05, 0) is 249 Å². The van der Waals surface area contributed by atoms with Crippen molar-refractivity contribution in [1.82, 2.24) is 0 Å². The third-order valence-electron chi connectivity index (χ3n) is 24.7. The molecule has 112 heavy (non-hydrogen) atoms. The lowest BCUT2D eigenvalue weighted by atomic mass is 9.80. The van der Waals surface area contributed by atoms with Crippen LogP contribution in [-0.2, 0) is 27.1 Å². The van der Waals surface area contributed by atoms with Crippen LogP contribution in [0.3, 0.4) is 0 Å². The molecule has 0 amide bonds. The van der Waals surface area contributed by atoms with E-state index in [9.17, 15) is 4.39 Å². The molecule has 0 N–H and O–H groups in total. The van der Waals surface area contributed by atoms with Crippen molar-refractivity contribution in [2.75, 3.05) is 7.18 Å². The van der Waals surface area contributed by atoms with Crippen LogP contribution < -0.4 is 0 Å². The Morgan fingerprint density at radius 2 is 0.482 bits per heavy atom. The van der Waals surface area contributed by atoms with Crippen molar-refractivity contribution in [3.63, 3.8) is 0 Å². The summed E-state index contributed by atoms with van der Waals surface area (Å²) >= 11 is 0. The molecule has 0 bridgehead atoms. The highest BCUT2D eigenvalue weighted by molar-refractivity contribution is 6.00. The van der Waals surface area contributed by atoms with E-state index in [0.717, 1.165) is 0 Å². The first-order chi connectivity index (χ1) is 53.7. The van der Waals surface area contributed by atoms with Gasteiger partial charge < -0.3 is 0 Å². The molecule has 16 aromatic rings. The molecule has 0 saturated heterocycles. The van der Waals surface area contributed by atoms with Crippen molar-refractivity contribution < 1.29 is 4.39 Å².